The van der Waals surface area contributed by atoms with Crippen molar-refractivity contribution in [2.45, 2.75) is 26.7 Å². The monoisotopic (exact) mass is 443 g/mol. The van der Waals surface area contributed by atoms with E-state index in [2.05, 4.69) is 20.3 Å². The second-order valence-corrected chi connectivity index (χ2v) is 7.71. The summed E-state index contributed by atoms with van der Waals surface area (Å²) in [6, 6.07) is 11.6. The Morgan fingerprint density at radius 3 is 2.58 bits per heavy atom. The zero-order chi connectivity index (χ0) is 23.4. The molecular weight excluding hydrogens is 418 g/mol. The van der Waals surface area contributed by atoms with Crippen LogP contribution < -0.4 is 15.8 Å². The number of pyridine rings is 1. The fourth-order valence-electron chi connectivity index (χ4n) is 3.77. The molecule has 0 fully saturated rings. The van der Waals surface area contributed by atoms with E-state index in [1.54, 1.807) is 7.11 Å². The first-order chi connectivity index (χ1) is 15.9. The highest BCUT2D eigenvalue weighted by Crippen LogP contribution is 2.35. The molecule has 0 spiro atoms. The van der Waals surface area contributed by atoms with Crippen LogP contribution in [0.3, 0.4) is 0 Å². The minimum absolute atomic E-state index is 0.178. The Morgan fingerprint density at radius 1 is 1.12 bits per heavy atom. The van der Waals surface area contributed by atoms with Crippen LogP contribution in [0.4, 0.5) is 11.6 Å². The van der Waals surface area contributed by atoms with Crippen molar-refractivity contribution in [3.05, 3.63) is 94.5 Å². The number of carbonyl (C=O) groups is 1. The standard InChI is InChI=1S/C25H25N5O3/c1-15-10-17(11-16(2)29-15)12-22-23(26)19(13-18-6-4-5-7-21(18)32-3)25(33-22)30-24(31)20-14-27-8-9-28-20/h4-11,14H,12-13,26H2,1-3H3,(H,30,31). The molecule has 0 bridgehead atoms. The number of methoxy groups -OCH3 is 1. The number of hydrogen-bond acceptors (Lipinski definition) is 7. The summed E-state index contributed by atoms with van der Waals surface area (Å²) in [6.07, 6.45) is 5.25. The van der Waals surface area contributed by atoms with Crippen molar-refractivity contribution >= 4 is 17.5 Å². The van der Waals surface area contributed by atoms with E-state index in [-0.39, 0.29) is 11.6 Å². The van der Waals surface area contributed by atoms with E-state index in [1.165, 1.54) is 18.6 Å². The van der Waals surface area contributed by atoms with E-state index in [9.17, 15) is 4.79 Å². The Kier molecular flexibility index (Phi) is 6.35. The SMILES string of the molecule is COc1ccccc1Cc1c(NC(=O)c2cnccn2)oc(Cc2cc(C)nc(C)c2)c1N. The van der Waals surface area contributed by atoms with Crippen LogP contribution in [0.1, 0.15) is 44.3 Å². The lowest BCUT2D eigenvalue weighted by Gasteiger charge is -2.09. The molecular formula is C25H25N5O3. The molecule has 168 valence electrons. The maximum atomic E-state index is 12.8. The van der Waals surface area contributed by atoms with Crippen molar-refractivity contribution in [2.75, 3.05) is 18.2 Å². The summed E-state index contributed by atoms with van der Waals surface area (Å²) >= 11 is 0. The Balaban J connectivity index is 1.72. The Bertz CT molecular complexity index is 1260. The fraction of sp³-hybridized carbons (Fsp3) is 0.200. The molecule has 4 aromatic rings. The molecule has 0 radical (unpaired) electrons. The van der Waals surface area contributed by atoms with Gasteiger partial charge in [-0.3, -0.25) is 20.1 Å². The zero-order valence-corrected chi connectivity index (χ0v) is 18.8. The Hall–Kier alpha value is -4.20. The van der Waals surface area contributed by atoms with Gasteiger partial charge in [-0.25, -0.2) is 4.98 Å². The summed E-state index contributed by atoms with van der Waals surface area (Å²) in [5.74, 6) is 1.15. The van der Waals surface area contributed by atoms with Crippen molar-refractivity contribution in [3.63, 3.8) is 0 Å². The summed E-state index contributed by atoms with van der Waals surface area (Å²) in [7, 11) is 1.62. The van der Waals surface area contributed by atoms with Crippen molar-refractivity contribution < 1.29 is 13.9 Å². The maximum absolute atomic E-state index is 12.8. The van der Waals surface area contributed by atoms with Gasteiger partial charge in [0.05, 0.1) is 19.0 Å². The van der Waals surface area contributed by atoms with Gasteiger partial charge in [0, 0.05) is 42.2 Å². The van der Waals surface area contributed by atoms with E-state index >= 15 is 0 Å². The lowest BCUT2D eigenvalue weighted by Crippen LogP contribution is -2.14. The average molecular weight is 444 g/mol. The largest absolute Gasteiger partial charge is 0.496 e. The summed E-state index contributed by atoms with van der Waals surface area (Å²) in [6.45, 7) is 3.89. The summed E-state index contributed by atoms with van der Waals surface area (Å²) in [5, 5.41) is 2.81. The maximum Gasteiger partial charge on any atom is 0.278 e. The number of nitrogens with zero attached hydrogens (tertiary/aromatic N) is 3. The van der Waals surface area contributed by atoms with E-state index < -0.39 is 5.91 Å². The summed E-state index contributed by atoms with van der Waals surface area (Å²) in [5.41, 5.74) is 11.7. The van der Waals surface area contributed by atoms with E-state index in [0.717, 1.165) is 28.3 Å². The number of carbonyl (C=O) groups excluding carboxylic acids is 1. The van der Waals surface area contributed by atoms with Crippen LogP contribution in [0.2, 0.25) is 0 Å². The average Bonchev–Trinajstić information content (AvgIpc) is 3.08. The van der Waals surface area contributed by atoms with Crippen molar-refractivity contribution in [3.8, 4) is 5.75 Å². The first kappa shape index (κ1) is 22.0. The molecule has 1 amide bonds. The van der Waals surface area contributed by atoms with Crippen molar-refractivity contribution in [1.29, 1.82) is 0 Å². The number of furan rings is 1. The number of rotatable bonds is 7. The number of aryl methyl sites for hydroxylation is 2. The van der Waals surface area contributed by atoms with Crippen LogP contribution in [0, 0.1) is 13.8 Å². The van der Waals surface area contributed by atoms with Gasteiger partial charge in [0.15, 0.2) is 0 Å². The molecule has 3 heterocycles. The molecule has 0 aliphatic heterocycles. The van der Waals surface area contributed by atoms with Crippen molar-refractivity contribution in [2.24, 2.45) is 0 Å². The summed E-state index contributed by atoms with van der Waals surface area (Å²) < 4.78 is 11.6. The highest BCUT2D eigenvalue weighted by molar-refractivity contribution is 6.02. The first-order valence-corrected chi connectivity index (χ1v) is 10.5. The number of hydrogen-bond donors (Lipinski definition) is 2. The topological polar surface area (TPSA) is 116 Å². The van der Waals surface area contributed by atoms with Gasteiger partial charge in [0.1, 0.15) is 17.2 Å². The molecule has 3 aromatic heterocycles. The molecule has 0 atom stereocenters. The molecule has 0 saturated heterocycles. The van der Waals surface area contributed by atoms with E-state index in [1.807, 2.05) is 50.2 Å². The second kappa shape index (κ2) is 9.52. The number of nitrogens with one attached hydrogen (secondary N) is 1. The quantitative estimate of drug-likeness (QED) is 0.441. The van der Waals surface area contributed by atoms with Crippen LogP contribution in [0.25, 0.3) is 0 Å². The van der Waals surface area contributed by atoms with Gasteiger partial charge >= 0.3 is 0 Å². The molecule has 8 nitrogen and oxygen atoms in total. The van der Waals surface area contributed by atoms with E-state index in [4.69, 9.17) is 14.9 Å². The molecule has 1 aromatic carbocycles. The number of amides is 1. The number of anilines is 2. The molecule has 4 rings (SSSR count). The number of nitrogens with two attached hydrogens (primary N) is 1. The number of ether oxygens (including phenoxy) is 1. The first-order valence-electron chi connectivity index (χ1n) is 10.5. The molecule has 0 saturated carbocycles. The van der Waals surface area contributed by atoms with Gasteiger partial charge < -0.3 is 14.9 Å². The minimum Gasteiger partial charge on any atom is -0.496 e. The van der Waals surface area contributed by atoms with Crippen molar-refractivity contribution in [1.82, 2.24) is 15.0 Å². The van der Waals surface area contributed by atoms with Crippen LogP contribution in [-0.4, -0.2) is 28.0 Å². The number of nitrogen functional groups attached to an aromatic ring is 1. The normalized spacial score (nSPS) is 10.8. The van der Waals surface area contributed by atoms with Gasteiger partial charge in [-0.05, 0) is 43.2 Å². The van der Waals surface area contributed by atoms with Gasteiger partial charge in [0.25, 0.3) is 5.91 Å². The molecule has 0 unspecified atom stereocenters. The lowest BCUT2D eigenvalue weighted by molar-refractivity contribution is 0.101. The number of aromatic nitrogens is 3. The molecule has 0 aliphatic carbocycles. The predicted molar refractivity (Wildman–Crippen MR) is 125 cm³/mol. The van der Waals surface area contributed by atoms with Crippen LogP contribution in [-0.2, 0) is 12.8 Å². The second-order valence-electron chi connectivity index (χ2n) is 7.71. The Morgan fingerprint density at radius 2 is 1.88 bits per heavy atom. The number of benzene rings is 1. The zero-order valence-electron chi connectivity index (χ0n) is 18.8. The van der Waals surface area contributed by atoms with E-state index in [0.29, 0.717) is 29.9 Å². The van der Waals surface area contributed by atoms with Gasteiger partial charge in [0.2, 0.25) is 5.88 Å². The smallest absolute Gasteiger partial charge is 0.278 e. The van der Waals surface area contributed by atoms with Crippen LogP contribution in [0.5, 0.6) is 5.75 Å². The third kappa shape index (κ3) is 5.01. The van der Waals surface area contributed by atoms with Gasteiger partial charge in [-0.1, -0.05) is 18.2 Å². The highest BCUT2D eigenvalue weighted by Gasteiger charge is 2.22. The third-order valence-electron chi connectivity index (χ3n) is 5.21. The van der Waals surface area contributed by atoms with Gasteiger partial charge in [-0.15, -0.1) is 0 Å². The highest BCUT2D eigenvalue weighted by atomic mass is 16.5. The Labute approximate surface area is 191 Å². The third-order valence-corrected chi connectivity index (χ3v) is 5.21. The molecule has 3 N–H and O–H groups in total. The summed E-state index contributed by atoms with van der Waals surface area (Å²) in [4.78, 5) is 25.2. The molecule has 8 heteroatoms. The van der Waals surface area contributed by atoms with Crippen LogP contribution in [0.15, 0.2) is 59.4 Å². The van der Waals surface area contributed by atoms with Gasteiger partial charge in [-0.2, -0.15) is 0 Å². The molecule has 33 heavy (non-hydrogen) atoms. The lowest BCUT2D eigenvalue weighted by atomic mass is 10.0. The predicted octanol–water partition coefficient (Wildman–Crippen LogP) is 4.11. The fourth-order valence-corrected chi connectivity index (χ4v) is 3.77. The molecule has 0 aliphatic rings. The minimum atomic E-state index is -0.430. The van der Waals surface area contributed by atoms with Crippen LogP contribution >= 0.6 is 0 Å². The number of para-hydroxylation sites is 1.